The smallest absolute Gasteiger partial charge is 0.229 e. The van der Waals surface area contributed by atoms with E-state index in [1.165, 1.54) is 12.2 Å². The Labute approximate surface area is 149 Å². The first-order valence-corrected chi connectivity index (χ1v) is 8.04. The summed E-state index contributed by atoms with van der Waals surface area (Å²) in [5.41, 5.74) is 1.26. The lowest BCUT2D eigenvalue weighted by Gasteiger charge is -2.39. The van der Waals surface area contributed by atoms with Gasteiger partial charge in [0.15, 0.2) is 5.78 Å². The molecule has 1 fully saturated rings. The van der Waals surface area contributed by atoms with Gasteiger partial charge in [-0.05, 0) is 48.6 Å². The van der Waals surface area contributed by atoms with Crippen LogP contribution >= 0.6 is 0 Å². The highest BCUT2D eigenvalue weighted by molar-refractivity contribution is 6.17. The van der Waals surface area contributed by atoms with Gasteiger partial charge in [-0.2, -0.15) is 0 Å². The number of hydrogen-bond donors (Lipinski definition) is 4. The van der Waals surface area contributed by atoms with Crippen LogP contribution in [0.25, 0.3) is 0 Å². The number of ketones is 1. The fraction of sp³-hybridized carbons (Fsp3) is 0.333. The second-order valence-electron chi connectivity index (χ2n) is 5.91. The van der Waals surface area contributed by atoms with E-state index in [9.17, 15) is 25.2 Å². The van der Waals surface area contributed by atoms with Crippen molar-refractivity contribution in [2.24, 2.45) is 4.99 Å². The second kappa shape index (κ2) is 7.90. The fourth-order valence-corrected chi connectivity index (χ4v) is 2.57. The first-order chi connectivity index (χ1) is 12.5. The van der Waals surface area contributed by atoms with E-state index in [2.05, 4.69) is 4.99 Å². The van der Waals surface area contributed by atoms with Crippen LogP contribution in [0.5, 0.6) is 5.75 Å². The fourth-order valence-electron chi connectivity index (χ4n) is 2.57. The first kappa shape index (κ1) is 18.4. The Morgan fingerprint density at radius 1 is 0.962 bits per heavy atom. The van der Waals surface area contributed by atoms with Crippen molar-refractivity contribution in [3.63, 3.8) is 0 Å². The maximum atomic E-state index is 11.1. The molecule has 1 aliphatic heterocycles. The summed E-state index contributed by atoms with van der Waals surface area (Å²) >= 11 is 0. The maximum Gasteiger partial charge on any atom is 0.229 e. The number of nitrogens with zero attached hydrogens (tertiary/aromatic N) is 1. The van der Waals surface area contributed by atoms with E-state index in [0.29, 0.717) is 17.1 Å². The summed E-state index contributed by atoms with van der Waals surface area (Å²) in [7, 11) is 0. The number of ether oxygens (including phenoxy) is 2. The van der Waals surface area contributed by atoms with Crippen LogP contribution in [0.2, 0.25) is 0 Å². The molecule has 2 aliphatic rings. The Kier molecular flexibility index (Phi) is 5.60. The summed E-state index contributed by atoms with van der Waals surface area (Å²) < 4.78 is 10.8. The maximum absolute atomic E-state index is 11.1. The number of carbonyl (C=O) groups excluding carboxylic acids is 1. The molecule has 5 atom stereocenters. The molecule has 1 aromatic carbocycles. The number of allylic oxidation sites excluding steroid dienone is 4. The molecule has 0 radical (unpaired) electrons. The molecule has 1 heterocycles. The highest BCUT2D eigenvalue weighted by Gasteiger charge is 2.44. The third-order valence-electron chi connectivity index (χ3n) is 4.03. The Hall–Kier alpha value is -2.36. The molecule has 1 aromatic rings. The standard InChI is InChI=1S/C18H19NO7/c20-9-14-15(22)16(23)17(24)18(26-14)25-13-7-3-11(4-8-13)19-10-1-5-12(21)6-2-10/h1-8,14-18,20,22-24H,9H2/t14-,15-,16+,17-,18-/m1/s1. The average Bonchev–Trinajstić information content (AvgIpc) is 2.65. The van der Waals surface area contributed by atoms with E-state index in [1.807, 2.05) is 0 Å². The molecule has 0 amide bonds. The number of carbonyl (C=O) groups is 1. The Morgan fingerprint density at radius 3 is 2.23 bits per heavy atom. The lowest BCUT2D eigenvalue weighted by atomic mass is 9.99. The molecule has 26 heavy (non-hydrogen) atoms. The molecule has 8 heteroatoms. The van der Waals surface area contributed by atoms with E-state index in [4.69, 9.17) is 9.47 Å². The SMILES string of the molecule is O=C1C=CC(=Nc2ccc(O[C@@H]3O[C@H](CO)[C@@H](O)[C@H](O)[C@H]3O)cc2)C=C1. The minimum Gasteiger partial charge on any atom is -0.462 e. The van der Waals surface area contributed by atoms with Gasteiger partial charge in [-0.1, -0.05) is 0 Å². The zero-order chi connectivity index (χ0) is 18.7. The first-order valence-electron chi connectivity index (χ1n) is 8.04. The number of aliphatic hydroxyl groups is 4. The van der Waals surface area contributed by atoms with E-state index in [0.717, 1.165) is 0 Å². The quantitative estimate of drug-likeness (QED) is 0.539. The second-order valence-corrected chi connectivity index (χ2v) is 5.91. The zero-order valence-electron chi connectivity index (χ0n) is 13.7. The van der Waals surface area contributed by atoms with Crippen LogP contribution < -0.4 is 4.74 Å². The number of benzene rings is 1. The number of hydrogen-bond acceptors (Lipinski definition) is 8. The summed E-state index contributed by atoms with van der Waals surface area (Å²) in [5, 5.41) is 38.7. The number of rotatable bonds is 4. The molecule has 0 spiro atoms. The van der Waals surface area contributed by atoms with Crippen LogP contribution in [-0.4, -0.2) is 69.2 Å². The van der Waals surface area contributed by atoms with Crippen molar-refractivity contribution in [2.75, 3.05) is 6.61 Å². The number of aliphatic hydroxyl groups excluding tert-OH is 4. The summed E-state index contributed by atoms with van der Waals surface area (Å²) in [6.07, 6.45) is -0.593. The molecule has 0 bridgehead atoms. The van der Waals surface area contributed by atoms with Crippen LogP contribution in [0.1, 0.15) is 0 Å². The van der Waals surface area contributed by atoms with Crippen LogP contribution in [0, 0.1) is 0 Å². The Balaban J connectivity index is 1.67. The van der Waals surface area contributed by atoms with Gasteiger partial charge in [0.25, 0.3) is 0 Å². The lowest BCUT2D eigenvalue weighted by Crippen LogP contribution is -2.60. The summed E-state index contributed by atoms with van der Waals surface area (Å²) in [6, 6.07) is 6.54. The molecule has 4 N–H and O–H groups in total. The van der Waals surface area contributed by atoms with Gasteiger partial charge in [-0.15, -0.1) is 0 Å². The van der Waals surface area contributed by atoms with Crippen molar-refractivity contribution in [3.8, 4) is 5.75 Å². The van der Waals surface area contributed by atoms with Gasteiger partial charge in [0.05, 0.1) is 18.0 Å². The topological polar surface area (TPSA) is 129 Å². The highest BCUT2D eigenvalue weighted by Crippen LogP contribution is 2.26. The molecule has 0 aromatic heterocycles. The van der Waals surface area contributed by atoms with Crippen LogP contribution in [-0.2, 0) is 9.53 Å². The molecule has 0 saturated carbocycles. The molecule has 138 valence electrons. The predicted octanol–water partition coefficient (Wildman–Crippen LogP) is -0.367. The van der Waals surface area contributed by atoms with Crippen molar-refractivity contribution >= 4 is 17.2 Å². The molecule has 3 rings (SSSR count). The predicted molar refractivity (Wildman–Crippen MR) is 91.2 cm³/mol. The van der Waals surface area contributed by atoms with Crippen molar-refractivity contribution in [2.45, 2.75) is 30.7 Å². The van der Waals surface area contributed by atoms with E-state index in [1.54, 1.807) is 36.4 Å². The van der Waals surface area contributed by atoms with E-state index >= 15 is 0 Å². The molecular formula is C18H19NO7. The minimum atomic E-state index is -1.50. The van der Waals surface area contributed by atoms with Gasteiger partial charge >= 0.3 is 0 Å². The zero-order valence-corrected chi connectivity index (χ0v) is 13.7. The minimum absolute atomic E-state index is 0.0905. The third-order valence-corrected chi connectivity index (χ3v) is 4.03. The lowest BCUT2D eigenvalue weighted by molar-refractivity contribution is -0.277. The van der Waals surface area contributed by atoms with Crippen LogP contribution in [0.4, 0.5) is 5.69 Å². The van der Waals surface area contributed by atoms with Gasteiger partial charge in [-0.25, -0.2) is 4.99 Å². The molecule has 8 nitrogen and oxygen atoms in total. The van der Waals surface area contributed by atoms with Crippen LogP contribution in [0.3, 0.4) is 0 Å². The van der Waals surface area contributed by atoms with Gasteiger partial charge in [-0.3, -0.25) is 4.79 Å². The third kappa shape index (κ3) is 4.06. The van der Waals surface area contributed by atoms with Crippen molar-refractivity contribution < 1.29 is 34.7 Å². The molecular weight excluding hydrogens is 342 g/mol. The van der Waals surface area contributed by atoms with Crippen molar-refractivity contribution in [3.05, 3.63) is 48.6 Å². The van der Waals surface area contributed by atoms with Crippen molar-refractivity contribution in [1.82, 2.24) is 0 Å². The summed E-state index contributed by atoms with van der Waals surface area (Å²) in [4.78, 5) is 15.4. The van der Waals surface area contributed by atoms with Crippen LogP contribution in [0.15, 0.2) is 53.6 Å². The largest absolute Gasteiger partial charge is 0.462 e. The molecule has 0 unspecified atom stereocenters. The van der Waals surface area contributed by atoms with Gasteiger partial charge in [0, 0.05) is 0 Å². The summed E-state index contributed by atoms with van der Waals surface area (Å²) in [6.45, 7) is -0.523. The molecule has 1 aliphatic carbocycles. The van der Waals surface area contributed by atoms with Gasteiger partial charge in [0.1, 0.15) is 30.2 Å². The summed E-state index contributed by atoms with van der Waals surface area (Å²) in [5.74, 6) is 0.260. The monoisotopic (exact) mass is 361 g/mol. The Bertz CT molecular complexity index is 720. The molecule has 1 saturated heterocycles. The number of aliphatic imine (C=N–C) groups is 1. The average molecular weight is 361 g/mol. The van der Waals surface area contributed by atoms with Gasteiger partial charge in [0.2, 0.25) is 6.29 Å². The Morgan fingerprint density at radius 2 is 1.62 bits per heavy atom. The van der Waals surface area contributed by atoms with E-state index in [-0.39, 0.29) is 5.78 Å². The van der Waals surface area contributed by atoms with E-state index < -0.39 is 37.3 Å². The normalized spacial score (nSPS) is 31.2. The highest BCUT2D eigenvalue weighted by atomic mass is 16.7. The van der Waals surface area contributed by atoms with Gasteiger partial charge < -0.3 is 29.9 Å². The van der Waals surface area contributed by atoms with Crippen molar-refractivity contribution in [1.29, 1.82) is 0 Å².